The number of halogens is 2. The second-order valence-electron chi connectivity index (χ2n) is 4.79. The predicted molar refractivity (Wildman–Crippen MR) is 84.0 cm³/mol. The molecule has 0 bridgehead atoms. The molecule has 0 saturated heterocycles. The van der Waals surface area contributed by atoms with Crippen LogP contribution in [0.15, 0.2) is 40.9 Å². The Morgan fingerprint density at radius 2 is 2.00 bits per heavy atom. The molecule has 0 fully saturated rings. The highest BCUT2D eigenvalue weighted by Crippen LogP contribution is 2.27. The molecular weight excluding hydrogens is 339 g/mol. The van der Waals surface area contributed by atoms with Gasteiger partial charge in [0, 0.05) is 27.9 Å². The van der Waals surface area contributed by atoms with E-state index in [1.807, 2.05) is 6.92 Å². The molecule has 21 heavy (non-hydrogen) atoms. The molecule has 0 radical (unpaired) electrons. The van der Waals surface area contributed by atoms with E-state index in [1.165, 1.54) is 18.2 Å². The third kappa shape index (κ3) is 3.58. The first kappa shape index (κ1) is 15.4. The van der Waals surface area contributed by atoms with Crippen molar-refractivity contribution in [3.05, 3.63) is 67.9 Å². The van der Waals surface area contributed by atoms with E-state index < -0.39 is 4.92 Å². The van der Waals surface area contributed by atoms with Crippen molar-refractivity contribution >= 4 is 27.3 Å². The fourth-order valence-corrected chi connectivity index (χ4v) is 2.42. The molecule has 2 aromatic carbocycles. The van der Waals surface area contributed by atoms with Crippen LogP contribution in [0.2, 0.25) is 0 Å². The van der Waals surface area contributed by atoms with Crippen molar-refractivity contribution in [2.45, 2.75) is 19.9 Å². The summed E-state index contributed by atoms with van der Waals surface area (Å²) in [5.74, 6) is -0.302. The van der Waals surface area contributed by atoms with Crippen molar-refractivity contribution in [1.29, 1.82) is 0 Å². The summed E-state index contributed by atoms with van der Waals surface area (Å²) in [5.41, 5.74) is 2.07. The average molecular weight is 353 g/mol. The van der Waals surface area contributed by atoms with Crippen LogP contribution in [0.4, 0.5) is 15.8 Å². The molecule has 1 N–H and O–H groups in total. The quantitative estimate of drug-likeness (QED) is 0.623. The standard InChI is InChI=1S/C15H14BrFN2O2/c1-9-7-12(19(20)21)4-6-15(9)18-10(2)13-5-3-11(16)8-14(13)17/h3-8,10,18H,1-2H3. The van der Waals surface area contributed by atoms with Crippen LogP contribution in [0.25, 0.3) is 0 Å². The Morgan fingerprint density at radius 1 is 1.29 bits per heavy atom. The molecule has 0 aliphatic heterocycles. The van der Waals surface area contributed by atoms with E-state index in [1.54, 1.807) is 25.1 Å². The number of benzene rings is 2. The summed E-state index contributed by atoms with van der Waals surface area (Å²) in [6, 6.07) is 9.21. The normalized spacial score (nSPS) is 12.0. The average Bonchev–Trinajstić information content (AvgIpc) is 2.40. The Morgan fingerprint density at radius 3 is 2.57 bits per heavy atom. The van der Waals surface area contributed by atoms with Gasteiger partial charge in [0.05, 0.1) is 11.0 Å². The van der Waals surface area contributed by atoms with Crippen molar-refractivity contribution in [2.24, 2.45) is 0 Å². The number of nitrogens with zero attached hydrogens (tertiary/aromatic N) is 1. The molecule has 110 valence electrons. The molecule has 2 aromatic rings. The molecule has 0 aliphatic rings. The fraction of sp³-hybridized carbons (Fsp3) is 0.200. The molecule has 0 spiro atoms. The van der Waals surface area contributed by atoms with Gasteiger partial charge in [-0.2, -0.15) is 0 Å². The molecule has 0 amide bonds. The second-order valence-corrected chi connectivity index (χ2v) is 5.70. The van der Waals surface area contributed by atoms with Crippen LogP contribution in [-0.2, 0) is 0 Å². The zero-order valence-corrected chi connectivity index (χ0v) is 13.1. The van der Waals surface area contributed by atoms with Gasteiger partial charge in [0.15, 0.2) is 0 Å². The third-order valence-electron chi connectivity index (χ3n) is 3.22. The summed E-state index contributed by atoms with van der Waals surface area (Å²) in [4.78, 5) is 10.3. The molecule has 1 atom stereocenters. The first-order chi connectivity index (χ1) is 9.88. The molecule has 0 saturated carbocycles. The van der Waals surface area contributed by atoms with E-state index in [2.05, 4.69) is 21.2 Å². The lowest BCUT2D eigenvalue weighted by molar-refractivity contribution is -0.384. The molecule has 0 aromatic heterocycles. The maximum absolute atomic E-state index is 13.9. The molecular formula is C15H14BrFN2O2. The maximum Gasteiger partial charge on any atom is 0.269 e. The zero-order valence-electron chi connectivity index (χ0n) is 11.6. The van der Waals surface area contributed by atoms with E-state index in [0.29, 0.717) is 10.0 Å². The van der Waals surface area contributed by atoms with Gasteiger partial charge in [-0.1, -0.05) is 22.0 Å². The zero-order chi connectivity index (χ0) is 15.6. The number of hydrogen-bond acceptors (Lipinski definition) is 3. The van der Waals surface area contributed by atoms with E-state index in [4.69, 9.17) is 0 Å². The van der Waals surface area contributed by atoms with Crippen molar-refractivity contribution in [2.75, 3.05) is 5.32 Å². The number of aryl methyl sites for hydroxylation is 1. The lowest BCUT2D eigenvalue weighted by Gasteiger charge is -2.18. The van der Waals surface area contributed by atoms with Gasteiger partial charge in [-0.15, -0.1) is 0 Å². The van der Waals surface area contributed by atoms with Crippen LogP contribution in [-0.4, -0.2) is 4.92 Å². The predicted octanol–water partition coefficient (Wildman–Crippen LogP) is 4.98. The molecule has 1 unspecified atom stereocenters. The van der Waals surface area contributed by atoms with E-state index in [9.17, 15) is 14.5 Å². The number of hydrogen-bond donors (Lipinski definition) is 1. The van der Waals surface area contributed by atoms with Gasteiger partial charge in [0.1, 0.15) is 5.82 Å². The minimum absolute atomic E-state index is 0.0422. The SMILES string of the molecule is Cc1cc([N+](=O)[O-])ccc1NC(C)c1ccc(Br)cc1F. The minimum atomic E-state index is -0.436. The van der Waals surface area contributed by atoms with Crippen LogP contribution < -0.4 is 5.32 Å². The van der Waals surface area contributed by atoms with Gasteiger partial charge in [0.2, 0.25) is 0 Å². The number of nitro benzene ring substituents is 1. The lowest BCUT2D eigenvalue weighted by atomic mass is 10.1. The largest absolute Gasteiger partial charge is 0.378 e. The topological polar surface area (TPSA) is 55.2 Å². The van der Waals surface area contributed by atoms with Gasteiger partial charge in [-0.3, -0.25) is 10.1 Å². The Labute approximate surface area is 130 Å². The van der Waals surface area contributed by atoms with Gasteiger partial charge in [0.25, 0.3) is 5.69 Å². The Hall–Kier alpha value is -1.95. The van der Waals surface area contributed by atoms with E-state index >= 15 is 0 Å². The van der Waals surface area contributed by atoms with Crippen molar-refractivity contribution in [1.82, 2.24) is 0 Å². The van der Waals surface area contributed by atoms with Crippen LogP contribution in [0, 0.1) is 22.9 Å². The highest BCUT2D eigenvalue weighted by molar-refractivity contribution is 9.10. The summed E-state index contributed by atoms with van der Waals surface area (Å²) < 4.78 is 14.6. The lowest BCUT2D eigenvalue weighted by Crippen LogP contribution is -2.09. The summed E-state index contributed by atoms with van der Waals surface area (Å²) in [6.07, 6.45) is 0. The van der Waals surface area contributed by atoms with Crippen LogP contribution in [0.3, 0.4) is 0 Å². The number of rotatable bonds is 4. The maximum atomic E-state index is 13.9. The minimum Gasteiger partial charge on any atom is -0.378 e. The van der Waals surface area contributed by atoms with Gasteiger partial charge < -0.3 is 5.32 Å². The summed E-state index contributed by atoms with van der Waals surface area (Å²) in [5, 5.41) is 13.9. The van der Waals surface area contributed by atoms with Gasteiger partial charge >= 0.3 is 0 Å². The Bertz CT molecular complexity index is 691. The highest BCUT2D eigenvalue weighted by Gasteiger charge is 2.14. The van der Waals surface area contributed by atoms with E-state index in [0.717, 1.165) is 11.3 Å². The number of non-ortho nitro benzene ring substituents is 1. The van der Waals surface area contributed by atoms with Gasteiger partial charge in [-0.25, -0.2) is 4.39 Å². The summed E-state index contributed by atoms with van der Waals surface area (Å²) in [6.45, 7) is 3.62. The van der Waals surface area contributed by atoms with Crippen molar-refractivity contribution in [3.63, 3.8) is 0 Å². The van der Waals surface area contributed by atoms with E-state index in [-0.39, 0.29) is 17.5 Å². The van der Waals surface area contributed by atoms with Crippen molar-refractivity contribution in [3.8, 4) is 0 Å². The molecule has 6 heteroatoms. The molecule has 2 rings (SSSR count). The molecule has 0 aliphatic carbocycles. The molecule has 0 heterocycles. The second kappa shape index (κ2) is 6.22. The molecule has 4 nitrogen and oxygen atoms in total. The highest BCUT2D eigenvalue weighted by atomic mass is 79.9. The summed E-state index contributed by atoms with van der Waals surface area (Å²) in [7, 11) is 0. The van der Waals surface area contributed by atoms with Crippen LogP contribution in [0.1, 0.15) is 24.1 Å². The summed E-state index contributed by atoms with van der Waals surface area (Å²) >= 11 is 3.22. The van der Waals surface area contributed by atoms with Crippen molar-refractivity contribution < 1.29 is 9.31 Å². The van der Waals surface area contributed by atoms with Crippen LogP contribution in [0.5, 0.6) is 0 Å². The number of anilines is 1. The smallest absolute Gasteiger partial charge is 0.269 e. The van der Waals surface area contributed by atoms with Gasteiger partial charge in [-0.05, 0) is 37.6 Å². The Kier molecular flexibility index (Phi) is 4.57. The fourth-order valence-electron chi connectivity index (χ4n) is 2.09. The number of nitrogens with one attached hydrogen (secondary N) is 1. The first-order valence-corrected chi connectivity index (χ1v) is 7.14. The first-order valence-electron chi connectivity index (χ1n) is 6.35. The number of nitro groups is 1. The van der Waals surface area contributed by atoms with Crippen LogP contribution >= 0.6 is 15.9 Å². The third-order valence-corrected chi connectivity index (χ3v) is 3.72. The monoisotopic (exact) mass is 352 g/mol. The Balaban J connectivity index is 2.23.